The standard InChI is InChI=1S/C18H19NO4S/c20-18(23-15-7-3-1-4-8-15)19-13-11-17(12-14-19)24(21,22)16-9-5-2-6-10-16/h1-10,17H,11-14H2. The largest absolute Gasteiger partial charge is 0.415 e. The third-order valence-corrected chi connectivity index (χ3v) is 6.44. The molecule has 24 heavy (non-hydrogen) atoms. The van der Waals surface area contributed by atoms with Gasteiger partial charge in [0.25, 0.3) is 0 Å². The maximum atomic E-state index is 12.6. The Morgan fingerprint density at radius 3 is 2.04 bits per heavy atom. The van der Waals surface area contributed by atoms with Gasteiger partial charge < -0.3 is 9.64 Å². The minimum atomic E-state index is -3.35. The SMILES string of the molecule is O=C(Oc1ccccc1)N1CCC(S(=O)(=O)c2ccccc2)CC1. The number of ether oxygens (including phenoxy) is 1. The predicted molar refractivity (Wildman–Crippen MR) is 90.7 cm³/mol. The molecule has 0 atom stereocenters. The van der Waals surface area contributed by atoms with E-state index in [1.165, 1.54) is 0 Å². The highest BCUT2D eigenvalue weighted by Gasteiger charge is 2.33. The molecule has 0 aromatic heterocycles. The highest BCUT2D eigenvalue weighted by atomic mass is 32.2. The molecule has 3 rings (SSSR count). The Hall–Kier alpha value is -2.34. The van der Waals surface area contributed by atoms with Gasteiger partial charge in [0.15, 0.2) is 9.84 Å². The summed E-state index contributed by atoms with van der Waals surface area (Å²) in [4.78, 5) is 14.1. The Balaban J connectivity index is 1.61. The summed E-state index contributed by atoms with van der Waals surface area (Å²) in [6, 6.07) is 17.3. The van der Waals surface area contributed by atoms with E-state index in [1.807, 2.05) is 6.07 Å². The molecule has 1 aliphatic rings. The van der Waals surface area contributed by atoms with Crippen molar-refractivity contribution in [2.24, 2.45) is 0 Å². The molecule has 126 valence electrons. The molecule has 0 aliphatic carbocycles. The second-order valence-electron chi connectivity index (χ2n) is 5.73. The molecule has 6 heteroatoms. The Bertz CT molecular complexity index is 782. The van der Waals surface area contributed by atoms with Gasteiger partial charge in [-0.3, -0.25) is 0 Å². The molecule has 0 bridgehead atoms. The Labute approximate surface area is 141 Å². The first kappa shape index (κ1) is 16.5. The Morgan fingerprint density at radius 1 is 0.917 bits per heavy atom. The van der Waals surface area contributed by atoms with Crippen molar-refractivity contribution in [2.45, 2.75) is 23.0 Å². The zero-order valence-corrected chi connectivity index (χ0v) is 14.0. The van der Waals surface area contributed by atoms with Crippen LogP contribution in [-0.2, 0) is 9.84 Å². The van der Waals surface area contributed by atoms with E-state index < -0.39 is 21.2 Å². The molecular weight excluding hydrogens is 326 g/mol. The lowest BCUT2D eigenvalue weighted by molar-refractivity contribution is 0.143. The summed E-state index contributed by atoms with van der Waals surface area (Å²) >= 11 is 0. The fourth-order valence-electron chi connectivity index (χ4n) is 2.81. The van der Waals surface area contributed by atoms with E-state index in [1.54, 1.807) is 59.5 Å². The van der Waals surface area contributed by atoms with Gasteiger partial charge in [-0.05, 0) is 37.1 Å². The molecule has 2 aromatic rings. The van der Waals surface area contributed by atoms with Crippen molar-refractivity contribution in [1.82, 2.24) is 4.90 Å². The first-order valence-corrected chi connectivity index (χ1v) is 9.43. The van der Waals surface area contributed by atoms with E-state index in [-0.39, 0.29) is 0 Å². The van der Waals surface area contributed by atoms with E-state index in [0.29, 0.717) is 36.6 Å². The van der Waals surface area contributed by atoms with Gasteiger partial charge in [0, 0.05) is 13.1 Å². The summed E-state index contributed by atoms with van der Waals surface area (Å²) in [6.45, 7) is 0.755. The van der Waals surface area contributed by atoms with Crippen molar-refractivity contribution >= 4 is 15.9 Å². The average molecular weight is 345 g/mol. The number of benzene rings is 2. The van der Waals surface area contributed by atoms with Crippen molar-refractivity contribution in [3.05, 3.63) is 60.7 Å². The van der Waals surface area contributed by atoms with Crippen LogP contribution in [0.1, 0.15) is 12.8 Å². The molecular formula is C18H19NO4S. The van der Waals surface area contributed by atoms with Crippen LogP contribution in [0.4, 0.5) is 4.79 Å². The zero-order valence-electron chi connectivity index (χ0n) is 13.2. The number of carbonyl (C=O) groups excluding carboxylic acids is 1. The van der Waals surface area contributed by atoms with E-state index in [0.717, 1.165) is 0 Å². The lowest BCUT2D eigenvalue weighted by Gasteiger charge is -2.31. The van der Waals surface area contributed by atoms with Crippen LogP contribution in [0.3, 0.4) is 0 Å². The number of amides is 1. The number of carbonyl (C=O) groups is 1. The monoisotopic (exact) mass is 345 g/mol. The number of piperidine rings is 1. The molecule has 0 spiro atoms. The number of hydrogen-bond acceptors (Lipinski definition) is 4. The number of sulfone groups is 1. The van der Waals surface area contributed by atoms with Crippen molar-refractivity contribution in [2.75, 3.05) is 13.1 Å². The number of hydrogen-bond donors (Lipinski definition) is 0. The molecule has 1 saturated heterocycles. The summed E-state index contributed by atoms with van der Waals surface area (Å²) in [5, 5.41) is -0.458. The molecule has 1 heterocycles. The number of likely N-dealkylation sites (tertiary alicyclic amines) is 1. The quantitative estimate of drug-likeness (QED) is 0.857. The van der Waals surface area contributed by atoms with E-state index >= 15 is 0 Å². The van der Waals surface area contributed by atoms with Crippen molar-refractivity contribution in [3.63, 3.8) is 0 Å². The second kappa shape index (κ2) is 7.05. The molecule has 0 unspecified atom stereocenters. The summed E-state index contributed by atoms with van der Waals surface area (Å²) in [5.41, 5.74) is 0. The Morgan fingerprint density at radius 2 is 1.46 bits per heavy atom. The molecule has 1 amide bonds. The fourth-order valence-corrected chi connectivity index (χ4v) is 4.56. The molecule has 0 N–H and O–H groups in total. The van der Waals surface area contributed by atoms with Gasteiger partial charge in [-0.25, -0.2) is 13.2 Å². The van der Waals surface area contributed by atoms with Crippen LogP contribution < -0.4 is 4.74 Å². The van der Waals surface area contributed by atoms with Crippen molar-refractivity contribution in [1.29, 1.82) is 0 Å². The molecule has 1 aliphatic heterocycles. The third kappa shape index (κ3) is 3.59. The first-order chi connectivity index (χ1) is 11.6. The van der Waals surface area contributed by atoms with Gasteiger partial charge in [-0.15, -0.1) is 0 Å². The zero-order chi connectivity index (χ0) is 17.0. The van der Waals surface area contributed by atoms with Crippen LogP contribution in [-0.4, -0.2) is 37.8 Å². The molecule has 2 aromatic carbocycles. The second-order valence-corrected chi connectivity index (χ2v) is 7.95. The van der Waals surface area contributed by atoms with Crippen molar-refractivity contribution < 1.29 is 17.9 Å². The summed E-state index contributed by atoms with van der Waals surface area (Å²) in [6.07, 6.45) is 0.402. The van der Waals surface area contributed by atoms with Crippen LogP contribution in [0.5, 0.6) is 5.75 Å². The predicted octanol–water partition coefficient (Wildman–Crippen LogP) is 3.12. The van der Waals surface area contributed by atoms with Crippen LogP contribution in [0.2, 0.25) is 0 Å². The third-order valence-electron chi connectivity index (χ3n) is 4.16. The summed E-state index contributed by atoms with van der Waals surface area (Å²) in [5.74, 6) is 0.488. The fraction of sp³-hybridized carbons (Fsp3) is 0.278. The van der Waals surface area contributed by atoms with Crippen molar-refractivity contribution in [3.8, 4) is 5.75 Å². The molecule has 0 radical (unpaired) electrons. The van der Waals surface area contributed by atoms with Gasteiger partial charge in [0.1, 0.15) is 5.75 Å². The van der Waals surface area contributed by atoms with Crippen LogP contribution in [0, 0.1) is 0 Å². The van der Waals surface area contributed by atoms with Gasteiger partial charge in [0.05, 0.1) is 10.1 Å². The highest BCUT2D eigenvalue weighted by Crippen LogP contribution is 2.25. The van der Waals surface area contributed by atoms with E-state index in [9.17, 15) is 13.2 Å². The molecule has 0 saturated carbocycles. The minimum absolute atomic E-state index is 0.343. The maximum Gasteiger partial charge on any atom is 0.415 e. The summed E-state index contributed by atoms with van der Waals surface area (Å²) in [7, 11) is -3.35. The smallest absolute Gasteiger partial charge is 0.410 e. The molecule has 5 nitrogen and oxygen atoms in total. The van der Waals surface area contributed by atoms with Gasteiger partial charge in [-0.1, -0.05) is 36.4 Å². The van der Waals surface area contributed by atoms with Gasteiger partial charge in [0.2, 0.25) is 0 Å². The highest BCUT2D eigenvalue weighted by molar-refractivity contribution is 7.92. The maximum absolute atomic E-state index is 12.6. The van der Waals surface area contributed by atoms with Gasteiger partial charge >= 0.3 is 6.09 Å². The van der Waals surface area contributed by atoms with E-state index in [4.69, 9.17) is 4.74 Å². The minimum Gasteiger partial charge on any atom is -0.410 e. The normalized spacial score (nSPS) is 15.9. The number of para-hydroxylation sites is 1. The molecule has 1 fully saturated rings. The Kier molecular flexibility index (Phi) is 4.85. The van der Waals surface area contributed by atoms with Gasteiger partial charge in [-0.2, -0.15) is 0 Å². The topological polar surface area (TPSA) is 63.7 Å². The van der Waals surface area contributed by atoms with E-state index in [2.05, 4.69) is 0 Å². The van der Waals surface area contributed by atoms with Crippen LogP contribution in [0.25, 0.3) is 0 Å². The summed E-state index contributed by atoms with van der Waals surface area (Å²) < 4.78 is 30.5. The first-order valence-electron chi connectivity index (χ1n) is 7.88. The van der Waals surface area contributed by atoms with Crippen LogP contribution >= 0.6 is 0 Å². The lowest BCUT2D eigenvalue weighted by atomic mass is 10.1. The van der Waals surface area contributed by atoms with Crippen LogP contribution in [0.15, 0.2) is 65.6 Å². The average Bonchev–Trinajstić information content (AvgIpc) is 2.63. The number of rotatable bonds is 3. The lowest BCUT2D eigenvalue weighted by Crippen LogP contribution is -2.43. The number of nitrogens with zero attached hydrogens (tertiary/aromatic N) is 1.